The number of hydrogen-bond donors (Lipinski definition) is 1. The lowest BCUT2D eigenvalue weighted by Crippen LogP contribution is -2.00. The average Bonchev–Trinajstić information content (AvgIpc) is 2.98. The molecule has 7 nitrogen and oxygen atoms in total. The number of nitrogen functional groups attached to an aromatic ring is 1. The van der Waals surface area contributed by atoms with Crippen molar-refractivity contribution in [1.29, 1.82) is 0 Å². The van der Waals surface area contributed by atoms with Crippen LogP contribution in [0.1, 0.15) is 0 Å². The van der Waals surface area contributed by atoms with E-state index in [2.05, 4.69) is 20.1 Å². The maximum atomic E-state index is 5.65. The average molecular weight is 268 g/mol. The van der Waals surface area contributed by atoms with E-state index in [0.717, 1.165) is 5.56 Å². The van der Waals surface area contributed by atoms with Crippen LogP contribution in [0.25, 0.3) is 17.2 Å². The lowest BCUT2D eigenvalue weighted by molar-refractivity contribution is 0.394. The third kappa shape index (κ3) is 2.28. The smallest absolute Gasteiger partial charge is 0.234 e. The highest BCUT2D eigenvalue weighted by molar-refractivity contribution is 5.58. The molecule has 0 aliphatic rings. The van der Waals surface area contributed by atoms with Gasteiger partial charge in [0.25, 0.3) is 0 Å². The van der Waals surface area contributed by atoms with E-state index in [4.69, 9.17) is 10.5 Å². The second-order valence-electron chi connectivity index (χ2n) is 4.05. The molecule has 2 aromatic heterocycles. The van der Waals surface area contributed by atoms with Gasteiger partial charge in [-0.25, -0.2) is 9.67 Å². The Morgan fingerprint density at radius 3 is 2.70 bits per heavy atom. The van der Waals surface area contributed by atoms with Crippen LogP contribution in [0.3, 0.4) is 0 Å². The molecule has 0 fully saturated rings. The lowest BCUT2D eigenvalue weighted by Gasteiger charge is -2.01. The molecule has 0 saturated heterocycles. The molecule has 3 rings (SSSR count). The monoisotopic (exact) mass is 268 g/mol. The van der Waals surface area contributed by atoms with Crippen LogP contribution in [-0.2, 0) is 0 Å². The molecule has 2 N–H and O–H groups in total. The SMILES string of the molecule is COc1cncc(-n2cnc(-c3ccc(N)cc3)n2)n1. The summed E-state index contributed by atoms with van der Waals surface area (Å²) in [6.07, 6.45) is 4.69. The number of anilines is 1. The van der Waals surface area contributed by atoms with Gasteiger partial charge in [0.1, 0.15) is 6.33 Å². The second kappa shape index (κ2) is 4.96. The standard InChI is InChI=1S/C13H12N6O/c1-20-12-7-15-6-11(17-12)19-8-16-13(18-19)9-2-4-10(14)5-3-9/h2-8H,14H2,1H3. The molecule has 0 aliphatic heterocycles. The number of benzene rings is 1. The van der Waals surface area contributed by atoms with Gasteiger partial charge in [-0.05, 0) is 24.3 Å². The van der Waals surface area contributed by atoms with Crippen molar-refractivity contribution in [1.82, 2.24) is 24.7 Å². The molecule has 1 aromatic carbocycles. The van der Waals surface area contributed by atoms with Crippen LogP contribution < -0.4 is 10.5 Å². The van der Waals surface area contributed by atoms with Crippen LogP contribution in [0.2, 0.25) is 0 Å². The van der Waals surface area contributed by atoms with E-state index in [-0.39, 0.29) is 0 Å². The number of nitrogens with zero attached hydrogens (tertiary/aromatic N) is 5. The van der Waals surface area contributed by atoms with E-state index in [9.17, 15) is 0 Å². The first-order valence-electron chi connectivity index (χ1n) is 5.90. The minimum atomic E-state index is 0.423. The van der Waals surface area contributed by atoms with Gasteiger partial charge in [-0.1, -0.05) is 0 Å². The summed E-state index contributed by atoms with van der Waals surface area (Å²) in [5.41, 5.74) is 7.24. The van der Waals surface area contributed by atoms with Crippen molar-refractivity contribution in [2.45, 2.75) is 0 Å². The Kier molecular flexibility index (Phi) is 3.00. The van der Waals surface area contributed by atoms with Gasteiger partial charge in [0.2, 0.25) is 5.88 Å². The predicted molar refractivity (Wildman–Crippen MR) is 73.3 cm³/mol. The van der Waals surface area contributed by atoms with Crippen molar-refractivity contribution < 1.29 is 4.74 Å². The molecule has 0 radical (unpaired) electrons. The highest BCUT2D eigenvalue weighted by atomic mass is 16.5. The summed E-state index contributed by atoms with van der Waals surface area (Å²) in [7, 11) is 1.54. The quantitative estimate of drug-likeness (QED) is 0.720. The molecule has 0 unspecified atom stereocenters. The van der Waals surface area contributed by atoms with Crippen LogP contribution >= 0.6 is 0 Å². The molecule has 7 heteroatoms. The highest BCUT2D eigenvalue weighted by Crippen LogP contribution is 2.17. The fraction of sp³-hybridized carbons (Fsp3) is 0.0769. The van der Waals surface area contributed by atoms with Crippen molar-refractivity contribution in [3.63, 3.8) is 0 Å². The van der Waals surface area contributed by atoms with Gasteiger partial charge in [0.15, 0.2) is 11.6 Å². The maximum absolute atomic E-state index is 5.65. The van der Waals surface area contributed by atoms with Gasteiger partial charge in [0.05, 0.1) is 19.5 Å². The van der Waals surface area contributed by atoms with E-state index < -0.39 is 0 Å². The van der Waals surface area contributed by atoms with Crippen molar-refractivity contribution in [3.05, 3.63) is 43.0 Å². The third-order valence-electron chi connectivity index (χ3n) is 2.70. The second-order valence-corrected chi connectivity index (χ2v) is 4.05. The Bertz CT molecular complexity index is 722. The Labute approximate surface area is 115 Å². The molecule has 0 spiro atoms. The fourth-order valence-corrected chi connectivity index (χ4v) is 1.68. The molecule has 2 heterocycles. The minimum Gasteiger partial charge on any atom is -0.480 e. The molecule has 100 valence electrons. The zero-order valence-corrected chi connectivity index (χ0v) is 10.8. The van der Waals surface area contributed by atoms with E-state index in [1.54, 1.807) is 29.3 Å². The summed E-state index contributed by atoms with van der Waals surface area (Å²) < 4.78 is 6.57. The summed E-state index contributed by atoms with van der Waals surface area (Å²) in [5, 5.41) is 4.36. The predicted octanol–water partition coefficient (Wildman–Crippen LogP) is 1.32. The van der Waals surface area contributed by atoms with Crippen molar-refractivity contribution in [2.75, 3.05) is 12.8 Å². The van der Waals surface area contributed by atoms with Gasteiger partial charge < -0.3 is 10.5 Å². The Balaban J connectivity index is 1.95. The van der Waals surface area contributed by atoms with E-state index in [0.29, 0.717) is 23.2 Å². The molecule has 0 bridgehead atoms. The van der Waals surface area contributed by atoms with Gasteiger partial charge in [-0.3, -0.25) is 4.98 Å². The number of rotatable bonds is 3. The number of nitrogens with two attached hydrogens (primary N) is 1. The summed E-state index contributed by atoms with van der Waals surface area (Å²) in [5.74, 6) is 1.56. The highest BCUT2D eigenvalue weighted by Gasteiger charge is 2.07. The largest absolute Gasteiger partial charge is 0.480 e. The van der Waals surface area contributed by atoms with Crippen molar-refractivity contribution in [2.24, 2.45) is 0 Å². The summed E-state index contributed by atoms with van der Waals surface area (Å²) >= 11 is 0. The van der Waals surface area contributed by atoms with Crippen LogP contribution in [0, 0.1) is 0 Å². The van der Waals surface area contributed by atoms with Crippen molar-refractivity contribution in [3.8, 4) is 23.1 Å². The topological polar surface area (TPSA) is 91.7 Å². The van der Waals surface area contributed by atoms with E-state index in [1.807, 2.05) is 12.1 Å². The van der Waals surface area contributed by atoms with E-state index in [1.165, 1.54) is 13.3 Å². The number of aromatic nitrogens is 5. The first kappa shape index (κ1) is 12.1. The van der Waals surface area contributed by atoms with E-state index >= 15 is 0 Å². The van der Waals surface area contributed by atoms with Gasteiger partial charge in [-0.2, -0.15) is 4.98 Å². The first-order chi connectivity index (χ1) is 9.76. The Morgan fingerprint density at radius 2 is 1.95 bits per heavy atom. The Hall–Kier alpha value is -2.96. The third-order valence-corrected chi connectivity index (χ3v) is 2.70. The minimum absolute atomic E-state index is 0.423. The van der Waals surface area contributed by atoms with Crippen LogP contribution in [0.4, 0.5) is 5.69 Å². The molecule has 3 aromatic rings. The fourth-order valence-electron chi connectivity index (χ4n) is 1.68. The van der Waals surface area contributed by atoms with Crippen LogP contribution in [0.15, 0.2) is 43.0 Å². The zero-order chi connectivity index (χ0) is 13.9. The lowest BCUT2D eigenvalue weighted by atomic mass is 10.2. The molecular weight excluding hydrogens is 256 g/mol. The van der Waals surface area contributed by atoms with Crippen LogP contribution in [0.5, 0.6) is 5.88 Å². The zero-order valence-electron chi connectivity index (χ0n) is 10.8. The summed E-state index contributed by atoms with van der Waals surface area (Å²) in [6.45, 7) is 0. The Morgan fingerprint density at radius 1 is 1.15 bits per heavy atom. The molecular formula is C13H12N6O. The van der Waals surface area contributed by atoms with Crippen molar-refractivity contribution >= 4 is 5.69 Å². The molecule has 0 amide bonds. The molecule has 0 aliphatic carbocycles. The number of hydrogen-bond acceptors (Lipinski definition) is 6. The molecule has 20 heavy (non-hydrogen) atoms. The number of methoxy groups -OCH3 is 1. The van der Waals surface area contributed by atoms with Gasteiger partial charge in [0, 0.05) is 11.3 Å². The van der Waals surface area contributed by atoms with Gasteiger partial charge >= 0.3 is 0 Å². The summed E-state index contributed by atoms with van der Waals surface area (Å²) in [4.78, 5) is 12.5. The van der Waals surface area contributed by atoms with Gasteiger partial charge in [-0.15, -0.1) is 5.10 Å². The number of ether oxygens (including phenoxy) is 1. The molecule has 0 saturated carbocycles. The van der Waals surface area contributed by atoms with Crippen LogP contribution in [-0.4, -0.2) is 31.8 Å². The first-order valence-corrected chi connectivity index (χ1v) is 5.90. The molecule has 0 atom stereocenters. The maximum Gasteiger partial charge on any atom is 0.234 e. The normalized spacial score (nSPS) is 10.4. The summed E-state index contributed by atoms with van der Waals surface area (Å²) in [6, 6.07) is 7.35.